The minimum Gasteiger partial charge on any atom is -0.468 e. The van der Waals surface area contributed by atoms with Crippen molar-refractivity contribution in [2.24, 2.45) is 0 Å². The normalized spacial score (nSPS) is 18.8. The Kier molecular flexibility index (Phi) is 5.82. The lowest BCUT2D eigenvalue weighted by molar-refractivity contribution is 0.139. The third-order valence-corrected chi connectivity index (χ3v) is 4.67. The zero-order valence-corrected chi connectivity index (χ0v) is 13.9. The number of aromatic nitrogens is 3. The van der Waals surface area contributed by atoms with Crippen LogP contribution in [0.2, 0.25) is 0 Å². The molecule has 0 radical (unpaired) electrons. The summed E-state index contributed by atoms with van der Waals surface area (Å²) in [5.74, 6) is 1.06. The molecule has 0 saturated carbocycles. The van der Waals surface area contributed by atoms with Crippen LogP contribution < -0.4 is 5.32 Å². The van der Waals surface area contributed by atoms with Crippen LogP contribution in [0, 0.1) is 0 Å². The molecule has 2 unspecified atom stereocenters. The Morgan fingerprint density at radius 3 is 2.83 bits per heavy atom. The molecule has 0 spiro atoms. The topological polar surface area (TPSA) is 59.1 Å². The van der Waals surface area contributed by atoms with Gasteiger partial charge in [0.1, 0.15) is 18.4 Å². The Balaban J connectivity index is 1.60. The van der Waals surface area contributed by atoms with Gasteiger partial charge in [-0.2, -0.15) is 5.10 Å². The molecule has 1 N–H and O–H groups in total. The summed E-state index contributed by atoms with van der Waals surface area (Å²) in [6, 6.07) is 4.78. The fraction of sp³-hybridized carbons (Fsp3) is 0.647. The van der Waals surface area contributed by atoms with Gasteiger partial charge in [-0.15, -0.1) is 0 Å². The van der Waals surface area contributed by atoms with Crippen molar-refractivity contribution in [1.29, 1.82) is 0 Å². The van der Waals surface area contributed by atoms with Gasteiger partial charge in [0.2, 0.25) is 0 Å². The summed E-state index contributed by atoms with van der Waals surface area (Å²) in [5, 5.41) is 7.91. The maximum atomic E-state index is 5.71. The summed E-state index contributed by atoms with van der Waals surface area (Å²) >= 11 is 0. The van der Waals surface area contributed by atoms with Crippen LogP contribution in [-0.2, 0) is 6.54 Å². The molecule has 0 bridgehead atoms. The van der Waals surface area contributed by atoms with Gasteiger partial charge in [0.25, 0.3) is 0 Å². The summed E-state index contributed by atoms with van der Waals surface area (Å²) in [4.78, 5) is 6.57. The van der Waals surface area contributed by atoms with Gasteiger partial charge in [0, 0.05) is 12.6 Å². The first-order valence-electron chi connectivity index (χ1n) is 8.70. The van der Waals surface area contributed by atoms with Gasteiger partial charge in [-0.25, -0.2) is 4.98 Å². The van der Waals surface area contributed by atoms with E-state index in [0.29, 0.717) is 12.1 Å². The van der Waals surface area contributed by atoms with Crippen molar-refractivity contribution >= 4 is 0 Å². The van der Waals surface area contributed by atoms with Gasteiger partial charge in [0.15, 0.2) is 0 Å². The molecular weight excluding hydrogens is 290 g/mol. The highest BCUT2D eigenvalue weighted by Gasteiger charge is 2.25. The van der Waals surface area contributed by atoms with Crippen LogP contribution in [-0.4, -0.2) is 45.3 Å². The summed E-state index contributed by atoms with van der Waals surface area (Å²) < 4.78 is 7.60. The van der Waals surface area contributed by atoms with Gasteiger partial charge in [-0.1, -0.05) is 13.3 Å². The molecule has 1 aliphatic rings. The van der Waals surface area contributed by atoms with E-state index in [1.54, 1.807) is 18.9 Å². The van der Waals surface area contributed by atoms with Crippen LogP contribution in [0.4, 0.5) is 0 Å². The molecule has 1 saturated heterocycles. The van der Waals surface area contributed by atoms with Crippen molar-refractivity contribution in [3.63, 3.8) is 0 Å². The molecule has 3 rings (SSSR count). The standard InChI is InChI=1S/C17H27N5O/c1-2-15(12-22-14-18-13-20-22)19-11-16(17-7-6-10-23-17)21-8-4-3-5-9-21/h6-7,10,13-16,19H,2-5,8-9,11-12H2,1H3. The average molecular weight is 317 g/mol. The molecule has 6 heteroatoms. The second-order valence-electron chi connectivity index (χ2n) is 6.26. The fourth-order valence-corrected chi connectivity index (χ4v) is 3.29. The maximum Gasteiger partial charge on any atom is 0.137 e. The first-order valence-corrected chi connectivity index (χ1v) is 8.70. The van der Waals surface area contributed by atoms with Crippen molar-refractivity contribution in [2.45, 2.75) is 51.2 Å². The Morgan fingerprint density at radius 1 is 1.30 bits per heavy atom. The molecule has 2 atom stereocenters. The smallest absolute Gasteiger partial charge is 0.137 e. The molecule has 2 aromatic rings. The zero-order valence-electron chi connectivity index (χ0n) is 13.9. The number of rotatable bonds is 8. The van der Waals surface area contributed by atoms with Crippen LogP contribution in [0.25, 0.3) is 0 Å². The van der Waals surface area contributed by atoms with E-state index in [9.17, 15) is 0 Å². The molecule has 23 heavy (non-hydrogen) atoms. The Hall–Kier alpha value is -1.66. The van der Waals surface area contributed by atoms with Gasteiger partial charge in [-0.3, -0.25) is 9.58 Å². The highest BCUT2D eigenvalue weighted by atomic mass is 16.3. The third kappa shape index (κ3) is 4.42. The highest BCUT2D eigenvalue weighted by molar-refractivity contribution is 5.06. The van der Waals surface area contributed by atoms with Crippen LogP contribution >= 0.6 is 0 Å². The summed E-state index contributed by atoms with van der Waals surface area (Å²) in [6.07, 6.45) is 10.1. The molecule has 2 aromatic heterocycles. The molecule has 3 heterocycles. The highest BCUT2D eigenvalue weighted by Crippen LogP contribution is 2.24. The number of hydrogen-bond donors (Lipinski definition) is 1. The predicted molar refractivity (Wildman–Crippen MR) is 89.0 cm³/mol. The largest absolute Gasteiger partial charge is 0.468 e. The van der Waals surface area contributed by atoms with E-state index in [0.717, 1.165) is 38.4 Å². The minimum atomic E-state index is 0.315. The Morgan fingerprint density at radius 2 is 2.17 bits per heavy atom. The molecule has 1 fully saturated rings. The van der Waals surface area contributed by atoms with E-state index < -0.39 is 0 Å². The fourth-order valence-electron chi connectivity index (χ4n) is 3.29. The van der Waals surface area contributed by atoms with Crippen LogP contribution in [0.1, 0.15) is 44.4 Å². The summed E-state index contributed by atoms with van der Waals surface area (Å²) in [5.41, 5.74) is 0. The maximum absolute atomic E-state index is 5.71. The monoisotopic (exact) mass is 317 g/mol. The second-order valence-corrected chi connectivity index (χ2v) is 6.26. The number of nitrogens with one attached hydrogen (secondary N) is 1. The summed E-state index contributed by atoms with van der Waals surface area (Å²) in [6.45, 7) is 6.28. The van der Waals surface area contributed by atoms with Crippen LogP contribution in [0.3, 0.4) is 0 Å². The predicted octanol–water partition coefficient (Wildman–Crippen LogP) is 2.47. The lowest BCUT2D eigenvalue weighted by atomic mass is 10.1. The lowest BCUT2D eigenvalue weighted by Crippen LogP contribution is -2.42. The summed E-state index contributed by atoms with van der Waals surface area (Å²) in [7, 11) is 0. The van der Waals surface area contributed by atoms with Crippen LogP contribution in [0.5, 0.6) is 0 Å². The minimum absolute atomic E-state index is 0.315. The van der Waals surface area contributed by atoms with Gasteiger partial charge in [-0.05, 0) is 44.5 Å². The number of piperidine rings is 1. The number of nitrogens with zero attached hydrogens (tertiary/aromatic N) is 4. The average Bonchev–Trinajstić information content (AvgIpc) is 3.29. The first kappa shape index (κ1) is 16.2. The number of hydrogen-bond acceptors (Lipinski definition) is 5. The number of likely N-dealkylation sites (tertiary alicyclic amines) is 1. The Bertz CT molecular complexity index is 533. The quantitative estimate of drug-likeness (QED) is 0.810. The molecule has 6 nitrogen and oxygen atoms in total. The van der Waals surface area contributed by atoms with Crippen LogP contribution in [0.15, 0.2) is 35.5 Å². The van der Waals surface area contributed by atoms with E-state index in [4.69, 9.17) is 4.42 Å². The van der Waals surface area contributed by atoms with Gasteiger partial charge < -0.3 is 9.73 Å². The van der Waals surface area contributed by atoms with Crippen molar-refractivity contribution < 1.29 is 4.42 Å². The van der Waals surface area contributed by atoms with E-state index in [1.165, 1.54) is 19.3 Å². The molecule has 0 amide bonds. The second kappa shape index (κ2) is 8.26. The zero-order chi connectivity index (χ0) is 15.9. The van der Waals surface area contributed by atoms with Crippen molar-refractivity contribution in [3.8, 4) is 0 Å². The van der Waals surface area contributed by atoms with Gasteiger partial charge in [0.05, 0.1) is 18.8 Å². The molecule has 0 aliphatic carbocycles. The molecule has 1 aliphatic heterocycles. The van der Waals surface area contributed by atoms with Crippen molar-refractivity contribution in [2.75, 3.05) is 19.6 Å². The molecule has 126 valence electrons. The van der Waals surface area contributed by atoms with Crippen molar-refractivity contribution in [3.05, 3.63) is 36.8 Å². The van der Waals surface area contributed by atoms with E-state index in [-0.39, 0.29) is 0 Å². The SMILES string of the molecule is CCC(Cn1cncn1)NCC(c1ccco1)N1CCCCC1. The van der Waals surface area contributed by atoms with E-state index >= 15 is 0 Å². The first-order chi connectivity index (χ1) is 11.4. The van der Waals surface area contributed by atoms with E-state index in [1.807, 2.05) is 10.7 Å². The van der Waals surface area contributed by atoms with E-state index in [2.05, 4.69) is 33.3 Å². The lowest BCUT2D eigenvalue weighted by Gasteiger charge is -2.34. The third-order valence-electron chi connectivity index (χ3n) is 4.67. The molecular formula is C17H27N5O. The van der Waals surface area contributed by atoms with Crippen molar-refractivity contribution in [1.82, 2.24) is 25.0 Å². The number of furan rings is 1. The molecule has 0 aromatic carbocycles. The van der Waals surface area contributed by atoms with Gasteiger partial charge >= 0.3 is 0 Å². The Labute approximate surface area is 137 Å².